The Kier molecular flexibility index (Phi) is 5.12. The molecule has 2 heterocycles. The van der Waals surface area contributed by atoms with Crippen LogP contribution < -0.4 is 4.74 Å². The Morgan fingerprint density at radius 2 is 1.62 bits per heavy atom. The molecule has 0 bridgehead atoms. The predicted molar refractivity (Wildman–Crippen MR) is 106 cm³/mol. The molecule has 128 valence electrons. The van der Waals surface area contributed by atoms with Crippen molar-refractivity contribution in [1.82, 2.24) is 9.97 Å². The minimum Gasteiger partial charge on any atom is -0.487 e. The van der Waals surface area contributed by atoms with Crippen LogP contribution in [0.2, 0.25) is 0 Å². The molecule has 0 fully saturated rings. The Morgan fingerprint density at radius 3 is 2.46 bits per heavy atom. The Balaban J connectivity index is 1.38. The molecule has 0 radical (unpaired) electrons. The fourth-order valence-corrected chi connectivity index (χ4v) is 3.68. The third-order valence-corrected chi connectivity index (χ3v) is 5.18. The number of para-hydroxylation sites is 1. The molecule has 2 aromatic heterocycles. The van der Waals surface area contributed by atoms with Crippen LogP contribution in [-0.4, -0.2) is 9.97 Å². The van der Waals surface area contributed by atoms with Gasteiger partial charge in [0.1, 0.15) is 12.4 Å². The summed E-state index contributed by atoms with van der Waals surface area (Å²) in [5.74, 6) is 1.77. The smallest absolute Gasteiger partial charge is 0.130 e. The van der Waals surface area contributed by atoms with Gasteiger partial charge in [0.15, 0.2) is 0 Å². The second kappa shape index (κ2) is 8.02. The van der Waals surface area contributed by atoms with Crippen LogP contribution in [0.3, 0.4) is 0 Å². The van der Waals surface area contributed by atoms with Crippen molar-refractivity contribution in [3.05, 3.63) is 96.4 Å². The van der Waals surface area contributed by atoms with Crippen LogP contribution in [0.4, 0.5) is 0 Å². The highest BCUT2D eigenvalue weighted by molar-refractivity contribution is 7.98. The lowest BCUT2D eigenvalue weighted by Crippen LogP contribution is -1.97. The second-order valence-corrected chi connectivity index (χ2v) is 6.89. The van der Waals surface area contributed by atoms with E-state index in [1.807, 2.05) is 60.4 Å². The normalized spacial score (nSPS) is 10.8. The standard InChI is InChI=1S/C22H18N2OS/c1-2-7-21-20(6-1)22(12-14-24-21)26-16-17-8-10-19(11-9-17)25-15-18-5-3-4-13-23-18/h1-14H,15-16H2. The molecule has 0 atom stereocenters. The molecule has 0 spiro atoms. The fourth-order valence-electron chi connectivity index (χ4n) is 2.68. The molecule has 0 unspecified atom stereocenters. The number of aromatic nitrogens is 2. The van der Waals surface area contributed by atoms with Gasteiger partial charge in [0.05, 0.1) is 11.2 Å². The van der Waals surface area contributed by atoms with Crippen molar-refractivity contribution in [2.45, 2.75) is 17.3 Å². The van der Waals surface area contributed by atoms with Gasteiger partial charge in [-0.15, -0.1) is 11.8 Å². The highest BCUT2D eigenvalue weighted by Crippen LogP contribution is 2.29. The molecular formula is C22H18N2OS. The summed E-state index contributed by atoms with van der Waals surface area (Å²) >= 11 is 1.83. The van der Waals surface area contributed by atoms with Crippen LogP contribution >= 0.6 is 11.8 Å². The SMILES string of the molecule is c1ccc(COc2ccc(CSc3ccnc4ccccc34)cc2)nc1. The molecule has 2 aromatic carbocycles. The van der Waals surface area contributed by atoms with Gasteiger partial charge in [-0.2, -0.15) is 0 Å². The van der Waals surface area contributed by atoms with E-state index < -0.39 is 0 Å². The second-order valence-electron chi connectivity index (χ2n) is 5.87. The summed E-state index contributed by atoms with van der Waals surface area (Å²) in [4.78, 5) is 9.94. The molecule has 26 heavy (non-hydrogen) atoms. The quantitative estimate of drug-likeness (QED) is 0.426. The van der Waals surface area contributed by atoms with Crippen molar-refractivity contribution in [3.8, 4) is 5.75 Å². The van der Waals surface area contributed by atoms with Gasteiger partial charge in [-0.05, 0) is 42.0 Å². The van der Waals surface area contributed by atoms with E-state index in [1.165, 1.54) is 15.8 Å². The van der Waals surface area contributed by atoms with E-state index in [1.54, 1.807) is 6.20 Å². The van der Waals surface area contributed by atoms with Crippen LogP contribution in [0.5, 0.6) is 5.75 Å². The van der Waals surface area contributed by atoms with Crippen molar-refractivity contribution in [1.29, 1.82) is 0 Å². The molecule has 0 saturated carbocycles. The zero-order valence-corrected chi connectivity index (χ0v) is 15.0. The van der Waals surface area contributed by atoms with Gasteiger partial charge in [-0.1, -0.05) is 36.4 Å². The van der Waals surface area contributed by atoms with Crippen LogP contribution in [0.25, 0.3) is 10.9 Å². The van der Waals surface area contributed by atoms with Gasteiger partial charge < -0.3 is 4.74 Å². The van der Waals surface area contributed by atoms with Crippen molar-refractivity contribution in [2.75, 3.05) is 0 Å². The topological polar surface area (TPSA) is 35.0 Å². The summed E-state index contributed by atoms with van der Waals surface area (Å²) in [7, 11) is 0. The molecule has 0 saturated heterocycles. The van der Waals surface area contributed by atoms with E-state index in [4.69, 9.17) is 4.74 Å². The largest absolute Gasteiger partial charge is 0.487 e. The van der Waals surface area contributed by atoms with Crippen LogP contribution in [-0.2, 0) is 12.4 Å². The van der Waals surface area contributed by atoms with Gasteiger partial charge >= 0.3 is 0 Å². The molecule has 0 aliphatic heterocycles. The van der Waals surface area contributed by atoms with E-state index in [-0.39, 0.29) is 0 Å². The lowest BCUT2D eigenvalue weighted by Gasteiger charge is -2.08. The van der Waals surface area contributed by atoms with Crippen molar-refractivity contribution >= 4 is 22.7 Å². The predicted octanol–water partition coefficient (Wildman–Crippen LogP) is 5.50. The van der Waals surface area contributed by atoms with Crippen molar-refractivity contribution in [3.63, 3.8) is 0 Å². The maximum absolute atomic E-state index is 5.79. The van der Waals surface area contributed by atoms with E-state index >= 15 is 0 Å². The average molecular weight is 358 g/mol. The third-order valence-electron chi connectivity index (χ3n) is 4.04. The maximum atomic E-state index is 5.79. The van der Waals surface area contributed by atoms with Crippen molar-refractivity contribution in [2.24, 2.45) is 0 Å². The van der Waals surface area contributed by atoms with Crippen LogP contribution in [0, 0.1) is 0 Å². The molecule has 4 rings (SSSR count). The first-order valence-electron chi connectivity index (χ1n) is 8.47. The molecule has 0 aliphatic carbocycles. The average Bonchev–Trinajstić information content (AvgIpc) is 2.72. The molecular weight excluding hydrogens is 340 g/mol. The summed E-state index contributed by atoms with van der Waals surface area (Å²) in [5, 5.41) is 1.20. The van der Waals surface area contributed by atoms with E-state index in [0.717, 1.165) is 22.7 Å². The Bertz CT molecular complexity index is 982. The molecule has 3 nitrogen and oxygen atoms in total. The number of hydrogen-bond acceptors (Lipinski definition) is 4. The number of thioether (sulfide) groups is 1. The van der Waals surface area contributed by atoms with Gasteiger partial charge in [0.25, 0.3) is 0 Å². The van der Waals surface area contributed by atoms with Crippen LogP contribution in [0.1, 0.15) is 11.3 Å². The first-order chi connectivity index (χ1) is 12.9. The van der Waals surface area contributed by atoms with Gasteiger partial charge in [-0.3, -0.25) is 9.97 Å². The van der Waals surface area contributed by atoms with E-state index in [0.29, 0.717) is 6.61 Å². The van der Waals surface area contributed by atoms with Gasteiger partial charge in [0.2, 0.25) is 0 Å². The Morgan fingerprint density at radius 1 is 0.769 bits per heavy atom. The summed E-state index contributed by atoms with van der Waals surface area (Å²) in [6.45, 7) is 0.484. The number of benzene rings is 2. The Labute approximate surface area is 157 Å². The number of pyridine rings is 2. The lowest BCUT2D eigenvalue weighted by atomic mass is 10.2. The zero-order chi connectivity index (χ0) is 17.6. The third kappa shape index (κ3) is 4.03. The van der Waals surface area contributed by atoms with E-state index in [9.17, 15) is 0 Å². The number of rotatable bonds is 6. The maximum Gasteiger partial charge on any atom is 0.130 e. The van der Waals surface area contributed by atoms with E-state index in [2.05, 4.69) is 40.3 Å². The molecule has 4 heteroatoms. The molecule has 0 amide bonds. The van der Waals surface area contributed by atoms with Gasteiger partial charge in [0, 0.05) is 28.4 Å². The number of nitrogens with zero attached hydrogens (tertiary/aromatic N) is 2. The number of fused-ring (bicyclic) bond motifs is 1. The molecule has 0 N–H and O–H groups in total. The minimum absolute atomic E-state index is 0.484. The monoisotopic (exact) mass is 358 g/mol. The van der Waals surface area contributed by atoms with Gasteiger partial charge in [-0.25, -0.2) is 0 Å². The number of hydrogen-bond donors (Lipinski definition) is 0. The summed E-state index contributed by atoms with van der Waals surface area (Å²) in [5.41, 5.74) is 3.23. The molecule has 0 aliphatic rings. The summed E-state index contributed by atoms with van der Waals surface area (Å²) in [6.07, 6.45) is 3.65. The molecule has 4 aromatic rings. The van der Waals surface area contributed by atoms with Crippen molar-refractivity contribution < 1.29 is 4.74 Å². The fraction of sp³-hybridized carbons (Fsp3) is 0.0909. The minimum atomic E-state index is 0.484. The summed E-state index contributed by atoms with van der Waals surface area (Å²) in [6, 6.07) is 24.4. The highest BCUT2D eigenvalue weighted by Gasteiger charge is 2.03. The number of ether oxygens (including phenoxy) is 1. The zero-order valence-electron chi connectivity index (χ0n) is 14.2. The highest BCUT2D eigenvalue weighted by atomic mass is 32.2. The first kappa shape index (κ1) is 16.6. The van der Waals surface area contributed by atoms with Crippen LogP contribution in [0.15, 0.2) is 90.1 Å². The lowest BCUT2D eigenvalue weighted by molar-refractivity contribution is 0.301. The summed E-state index contributed by atoms with van der Waals surface area (Å²) < 4.78 is 5.79. The Hall–Kier alpha value is -2.85. The first-order valence-corrected chi connectivity index (χ1v) is 9.45.